The minimum Gasteiger partial charge on any atom is -0.507 e. The third-order valence-corrected chi connectivity index (χ3v) is 3.51. The van der Waals surface area contributed by atoms with E-state index in [0.29, 0.717) is 26.5 Å². The summed E-state index contributed by atoms with van der Waals surface area (Å²) in [5.74, 6) is -0.00174. The van der Waals surface area contributed by atoms with Gasteiger partial charge < -0.3 is 10.1 Å². The topological polar surface area (TPSA) is 70.4 Å². The van der Waals surface area contributed by atoms with E-state index in [9.17, 15) is 9.90 Å². The molecule has 1 aromatic carbocycles. The monoisotopic (exact) mass is 339 g/mol. The van der Waals surface area contributed by atoms with E-state index in [1.54, 1.807) is 18.2 Å². The second kappa shape index (κ2) is 4.40. The van der Waals surface area contributed by atoms with Crippen molar-refractivity contribution in [2.24, 2.45) is 0 Å². The van der Waals surface area contributed by atoms with Crippen molar-refractivity contribution in [2.45, 2.75) is 0 Å². The number of hydrogen-bond donors (Lipinski definition) is 2. The van der Waals surface area contributed by atoms with E-state index in [1.807, 2.05) is 0 Å². The molecule has 7 heteroatoms. The first-order valence-corrected chi connectivity index (χ1v) is 6.48. The fourth-order valence-corrected chi connectivity index (χ4v) is 2.47. The third kappa shape index (κ3) is 2.02. The van der Waals surface area contributed by atoms with Crippen molar-refractivity contribution in [1.82, 2.24) is 14.4 Å². The Morgan fingerprint density at radius 2 is 2.16 bits per heavy atom. The number of rotatable bonds is 1. The predicted octanol–water partition coefficient (Wildman–Crippen LogP) is 2.81. The molecule has 0 amide bonds. The van der Waals surface area contributed by atoms with E-state index in [-0.39, 0.29) is 11.4 Å². The van der Waals surface area contributed by atoms with Crippen LogP contribution in [-0.4, -0.2) is 19.5 Å². The van der Waals surface area contributed by atoms with Gasteiger partial charge in [0.25, 0.3) is 0 Å². The van der Waals surface area contributed by atoms with Crippen LogP contribution in [0.1, 0.15) is 0 Å². The van der Waals surface area contributed by atoms with Crippen LogP contribution < -0.4 is 5.69 Å². The number of halogens is 2. The first-order chi connectivity index (χ1) is 9.06. The number of aromatic nitrogens is 3. The molecule has 0 atom stereocenters. The van der Waals surface area contributed by atoms with Crippen molar-refractivity contribution >= 4 is 33.2 Å². The van der Waals surface area contributed by atoms with Crippen LogP contribution in [0.2, 0.25) is 5.02 Å². The third-order valence-electron chi connectivity index (χ3n) is 2.71. The number of aromatic hydroxyl groups is 1. The fourth-order valence-electron chi connectivity index (χ4n) is 1.86. The molecule has 0 radical (unpaired) electrons. The minimum atomic E-state index is -0.341. The maximum absolute atomic E-state index is 12.0. The van der Waals surface area contributed by atoms with Gasteiger partial charge in [-0.15, -0.1) is 0 Å². The maximum atomic E-state index is 12.0. The standard InChI is InChI=1S/C12H7BrClN3O2/c13-10-5-15-11-4-8(16-12(19)17(10)11)7-2-1-6(14)3-9(7)18/h1-5,18H,(H,16,19). The molecule has 3 aromatic rings. The van der Waals surface area contributed by atoms with Gasteiger partial charge in [0, 0.05) is 16.7 Å². The molecule has 0 saturated carbocycles. The summed E-state index contributed by atoms with van der Waals surface area (Å²) in [5, 5.41) is 10.3. The normalized spacial score (nSPS) is 11.1. The molecule has 0 spiro atoms. The predicted molar refractivity (Wildman–Crippen MR) is 75.6 cm³/mol. The van der Waals surface area contributed by atoms with Crippen LogP contribution in [0.15, 0.2) is 39.9 Å². The summed E-state index contributed by atoms with van der Waals surface area (Å²) >= 11 is 9.02. The molecule has 19 heavy (non-hydrogen) atoms. The number of imidazole rings is 1. The first kappa shape index (κ1) is 12.3. The summed E-state index contributed by atoms with van der Waals surface area (Å²) in [6.07, 6.45) is 1.54. The zero-order valence-electron chi connectivity index (χ0n) is 9.39. The summed E-state index contributed by atoms with van der Waals surface area (Å²) in [7, 11) is 0. The zero-order valence-corrected chi connectivity index (χ0v) is 11.7. The Balaban J connectivity index is 2.29. The molecule has 2 aromatic heterocycles. The van der Waals surface area contributed by atoms with Crippen LogP contribution in [0.4, 0.5) is 0 Å². The van der Waals surface area contributed by atoms with E-state index in [2.05, 4.69) is 25.9 Å². The van der Waals surface area contributed by atoms with Gasteiger partial charge in [0.15, 0.2) is 0 Å². The molecular formula is C12H7BrClN3O2. The molecule has 0 fully saturated rings. The number of phenols is 1. The van der Waals surface area contributed by atoms with Crippen LogP contribution in [-0.2, 0) is 0 Å². The Hall–Kier alpha value is -1.79. The molecule has 2 heterocycles. The lowest BCUT2D eigenvalue weighted by Gasteiger charge is -2.05. The number of fused-ring (bicyclic) bond motifs is 1. The van der Waals surface area contributed by atoms with Gasteiger partial charge in [0.2, 0.25) is 0 Å². The first-order valence-electron chi connectivity index (χ1n) is 5.31. The highest BCUT2D eigenvalue weighted by molar-refractivity contribution is 9.10. The molecule has 0 saturated heterocycles. The smallest absolute Gasteiger partial charge is 0.332 e. The molecule has 3 rings (SSSR count). The van der Waals surface area contributed by atoms with Gasteiger partial charge in [-0.25, -0.2) is 14.2 Å². The summed E-state index contributed by atoms with van der Waals surface area (Å²) in [4.78, 5) is 18.8. The molecule has 0 aliphatic carbocycles. The quantitative estimate of drug-likeness (QED) is 0.715. The van der Waals surface area contributed by atoms with E-state index in [0.717, 1.165) is 0 Å². The van der Waals surface area contributed by atoms with Crippen molar-refractivity contribution in [3.63, 3.8) is 0 Å². The van der Waals surface area contributed by atoms with Crippen molar-refractivity contribution in [1.29, 1.82) is 0 Å². The van der Waals surface area contributed by atoms with Crippen LogP contribution >= 0.6 is 27.5 Å². The average molecular weight is 341 g/mol. The molecule has 0 aliphatic heterocycles. The van der Waals surface area contributed by atoms with E-state index in [1.165, 1.54) is 16.7 Å². The number of phenolic OH excluding ortho intramolecular Hbond substituents is 1. The van der Waals surface area contributed by atoms with Crippen molar-refractivity contribution in [2.75, 3.05) is 0 Å². The summed E-state index contributed by atoms with van der Waals surface area (Å²) in [5.41, 5.74) is 1.11. The molecule has 96 valence electrons. The van der Waals surface area contributed by atoms with Crippen LogP contribution in [0.5, 0.6) is 5.75 Å². The van der Waals surface area contributed by atoms with Crippen molar-refractivity contribution in [3.05, 3.63) is 50.6 Å². The van der Waals surface area contributed by atoms with Gasteiger partial charge in [0.1, 0.15) is 16.0 Å². The summed E-state index contributed by atoms with van der Waals surface area (Å²) in [6, 6.07) is 6.37. The number of H-pyrrole nitrogens is 1. The van der Waals surface area contributed by atoms with E-state index >= 15 is 0 Å². The molecule has 2 N–H and O–H groups in total. The molecule has 0 bridgehead atoms. The Bertz CT molecular complexity index is 841. The number of benzene rings is 1. The number of nitrogens with one attached hydrogen (secondary N) is 1. The molecular weight excluding hydrogens is 334 g/mol. The van der Waals surface area contributed by atoms with Crippen LogP contribution in [0.3, 0.4) is 0 Å². The lowest BCUT2D eigenvalue weighted by molar-refractivity contribution is 0.477. The van der Waals surface area contributed by atoms with Gasteiger partial charge in [-0.1, -0.05) is 11.6 Å². The zero-order chi connectivity index (χ0) is 13.6. The number of nitrogens with zero attached hydrogens (tertiary/aromatic N) is 2. The SMILES string of the molecule is O=c1[nH]c(-c2ccc(Cl)cc2O)cc2ncc(Br)n12. The van der Waals surface area contributed by atoms with Crippen molar-refractivity contribution < 1.29 is 5.11 Å². The lowest BCUT2D eigenvalue weighted by Crippen LogP contribution is -2.16. The highest BCUT2D eigenvalue weighted by Gasteiger charge is 2.10. The second-order valence-electron chi connectivity index (χ2n) is 3.92. The van der Waals surface area contributed by atoms with E-state index in [4.69, 9.17) is 11.6 Å². The molecule has 0 unspecified atom stereocenters. The Kier molecular flexibility index (Phi) is 2.83. The van der Waals surface area contributed by atoms with E-state index < -0.39 is 0 Å². The van der Waals surface area contributed by atoms with Crippen LogP contribution in [0, 0.1) is 0 Å². The Morgan fingerprint density at radius 3 is 2.89 bits per heavy atom. The van der Waals surface area contributed by atoms with Gasteiger partial charge in [-0.2, -0.15) is 0 Å². The van der Waals surface area contributed by atoms with Gasteiger partial charge in [-0.05, 0) is 34.1 Å². The average Bonchev–Trinajstić information content (AvgIpc) is 2.71. The fraction of sp³-hybridized carbons (Fsp3) is 0. The highest BCUT2D eigenvalue weighted by atomic mass is 79.9. The number of hydrogen-bond acceptors (Lipinski definition) is 3. The minimum absolute atomic E-state index is 0.00174. The largest absolute Gasteiger partial charge is 0.507 e. The Labute approximate surface area is 120 Å². The van der Waals surface area contributed by atoms with Gasteiger partial charge in [0.05, 0.1) is 11.9 Å². The van der Waals surface area contributed by atoms with Crippen LogP contribution in [0.25, 0.3) is 16.9 Å². The molecule has 5 nitrogen and oxygen atoms in total. The second-order valence-corrected chi connectivity index (χ2v) is 5.17. The lowest BCUT2D eigenvalue weighted by atomic mass is 10.1. The highest BCUT2D eigenvalue weighted by Crippen LogP contribution is 2.30. The maximum Gasteiger partial charge on any atom is 0.332 e. The number of aromatic amines is 1. The van der Waals surface area contributed by atoms with Gasteiger partial charge >= 0.3 is 5.69 Å². The summed E-state index contributed by atoms with van der Waals surface area (Å²) in [6.45, 7) is 0. The molecule has 0 aliphatic rings. The summed E-state index contributed by atoms with van der Waals surface area (Å²) < 4.78 is 1.95. The van der Waals surface area contributed by atoms with Crippen molar-refractivity contribution in [3.8, 4) is 17.0 Å². The Morgan fingerprint density at radius 1 is 1.37 bits per heavy atom. The van der Waals surface area contributed by atoms with Gasteiger partial charge in [-0.3, -0.25) is 0 Å².